The highest BCUT2D eigenvalue weighted by molar-refractivity contribution is 7.22. The van der Waals surface area contributed by atoms with E-state index in [1.165, 1.54) is 10.3 Å². The lowest BCUT2D eigenvalue weighted by Gasteiger charge is -1.98. The molecule has 3 rings (SSSR count). The third-order valence-corrected chi connectivity index (χ3v) is 3.90. The lowest BCUT2D eigenvalue weighted by molar-refractivity contribution is 0.415. The molecule has 0 fully saturated rings. The molecular formula is C16H14N2OS. The number of hydrogen-bond donors (Lipinski definition) is 0. The van der Waals surface area contributed by atoms with Crippen LogP contribution in [0.5, 0.6) is 5.75 Å². The molecule has 100 valence electrons. The number of nitrogens with zero attached hydrogens (tertiary/aromatic N) is 2. The van der Waals surface area contributed by atoms with E-state index < -0.39 is 0 Å². The van der Waals surface area contributed by atoms with Crippen molar-refractivity contribution in [2.75, 3.05) is 7.11 Å². The van der Waals surface area contributed by atoms with Crippen LogP contribution in [0.4, 0.5) is 5.13 Å². The molecule has 0 amide bonds. The van der Waals surface area contributed by atoms with Crippen molar-refractivity contribution in [3.05, 3.63) is 53.6 Å². The van der Waals surface area contributed by atoms with Crippen LogP contribution in [0.25, 0.3) is 10.2 Å². The fraction of sp³-hybridized carbons (Fsp3) is 0.125. The summed E-state index contributed by atoms with van der Waals surface area (Å²) in [6.45, 7) is 2.08. The van der Waals surface area contributed by atoms with E-state index in [2.05, 4.69) is 29.0 Å². The van der Waals surface area contributed by atoms with Gasteiger partial charge in [0.2, 0.25) is 5.13 Å². The van der Waals surface area contributed by atoms with Gasteiger partial charge >= 0.3 is 0 Å². The van der Waals surface area contributed by atoms with Crippen molar-refractivity contribution in [1.82, 2.24) is 4.98 Å². The first-order valence-corrected chi connectivity index (χ1v) is 7.11. The fourth-order valence-corrected chi connectivity index (χ4v) is 2.80. The molecule has 0 aliphatic carbocycles. The second kappa shape index (κ2) is 5.43. The molecule has 1 aromatic heterocycles. The van der Waals surface area contributed by atoms with E-state index in [4.69, 9.17) is 4.74 Å². The van der Waals surface area contributed by atoms with Gasteiger partial charge in [-0.1, -0.05) is 17.4 Å². The van der Waals surface area contributed by atoms with Gasteiger partial charge < -0.3 is 4.74 Å². The molecule has 0 N–H and O–H groups in total. The van der Waals surface area contributed by atoms with Crippen LogP contribution in [0, 0.1) is 6.92 Å². The Morgan fingerprint density at radius 2 is 1.95 bits per heavy atom. The van der Waals surface area contributed by atoms with Crippen LogP contribution >= 0.6 is 11.3 Å². The molecule has 2 aromatic carbocycles. The molecule has 0 bridgehead atoms. The first-order chi connectivity index (χ1) is 9.74. The monoisotopic (exact) mass is 282 g/mol. The van der Waals surface area contributed by atoms with Gasteiger partial charge in [0, 0.05) is 6.21 Å². The van der Waals surface area contributed by atoms with E-state index in [9.17, 15) is 0 Å². The Labute approximate surface area is 121 Å². The number of rotatable bonds is 3. The minimum Gasteiger partial charge on any atom is -0.497 e. The van der Waals surface area contributed by atoms with Gasteiger partial charge in [0.05, 0.1) is 17.3 Å². The van der Waals surface area contributed by atoms with Gasteiger partial charge in [0.1, 0.15) is 5.75 Å². The van der Waals surface area contributed by atoms with Gasteiger partial charge in [-0.05, 0) is 54.4 Å². The maximum absolute atomic E-state index is 5.13. The van der Waals surface area contributed by atoms with E-state index in [1.807, 2.05) is 36.5 Å². The lowest BCUT2D eigenvalue weighted by atomic mass is 10.2. The van der Waals surface area contributed by atoms with Crippen LogP contribution in [-0.4, -0.2) is 18.3 Å². The normalized spacial score (nSPS) is 11.3. The Hall–Kier alpha value is -2.20. The SMILES string of the molecule is COc1ccc(/C=N/c2nc3ccc(C)cc3s2)cc1. The molecule has 0 atom stereocenters. The summed E-state index contributed by atoms with van der Waals surface area (Å²) in [5.41, 5.74) is 3.27. The van der Waals surface area contributed by atoms with Crippen LogP contribution < -0.4 is 4.74 Å². The Morgan fingerprint density at radius 3 is 2.70 bits per heavy atom. The fourth-order valence-electron chi connectivity index (χ4n) is 1.89. The topological polar surface area (TPSA) is 34.5 Å². The minimum absolute atomic E-state index is 0.779. The van der Waals surface area contributed by atoms with Gasteiger partial charge in [-0.25, -0.2) is 9.98 Å². The zero-order chi connectivity index (χ0) is 13.9. The molecule has 1 heterocycles. The number of methoxy groups -OCH3 is 1. The standard InChI is InChI=1S/C16H14N2OS/c1-11-3-8-14-15(9-11)20-16(18-14)17-10-12-4-6-13(19-2)7-5-12/h3-10H,1-2H3/b17-10+. The maximum Gasteiger partial charge on any atom is 0.210 e. The molecule has 0 aliphatic rings. The summed E-state index contributed by atoms with van der Waals surface area (Å²) in [6.07, 6.45) is 1.82. The molecule has 3 nitrogen and oxygen atoms in total. The van der Waals surface area contributed by atoms with E-state index in [0.717, 1.165) is 22.0 Å². The molecular weight excluding hydrogens is 268 g/mol. The summed E-state index contributed by atoms with van der Waals surface area (Å²) >= 11 is 1.60. The van der Waals surface area contributed by atoms with Gasteiger partial charge in [-0.2, -0.15) is 0 Å². The van der Waals surface area contributed by atoms with Crippen LogP contribution in [0.15, 0.2) is 47.5 Å². The lowest BCUT2D eigenvalue weighted by Crippen LogP contribution is -1.84. The summed E-state index contributed by atoms with van der Waals surface area (Å²) in [5.74, 6) is 0.845. The van der Waals surface area contributed by atoms with Crippen LogP contribution in [0.2, 0.25) is 0 Å². The van der Waals surface area contributed by atoms with Crippen LogP contribution in [0.3, 0.4) is 0 Å². The smallest absolute Gasteiger partial charge is 0.210 e. The molecule has 4 heteroatoms. The van der Waals surface area contributed by atoms with E-state index in [-0.39, 0.29) is 0 Å². The van der Waals surface area contributed by atoms with Crippen molar-refractivity contribution in [2.24, 2.45) is 4.99 Å². The number of aryl methyl sites for hydroxylation is 1. The highest BCUT2D eigenvalue weighted by Gasteiger charge is 2.02. The molecule has 0 saturated carbocycles. The zero-order valence-corrected chi connectivity index (χ0v) is 12.1. The Bertz CT molecular complexity index is 760. The molecule has 0 saturated heterocycles. The molecule has 3 aromatic rings. The van der Waals surface area contributed by atoms with Crippen molar-refractivity contribution in [3.63, 3.8) is 0 Å². The number of aromatic nitrogens is 1. The average molecular weight is 282 g/mol. The summed E-state index contributed by atoms with van der Waals surface area (Å²) in [7, 11) is 1.66. The highest BCUT2D eigenvalue weighted by Crippen LogP contribution is 2.28. The molecule has 0 aliphatic heterocycles. The highest BCUT2D eigenvalue weighted by atomic mass is 32.1. The Morgan fingerprint density at radius 1 is 1.15 bits per heavy atom. The summed E-state index contributed by atoms with van der Waals surface area (Å²) in [6, 6.07) is 14.0. The van der Waals surface area contributed by atoms with Crippen molar-refractivity contribution in [3.8, 4) is 5.75 Å². The van der Waals surface area contributed by atoms with Gasteiger partial charge in [0.15, 0.2) is 0 Å². The van der Waals surface area contributed by atoms with Crippen molar-refractivity contribution in [1.29, 1.82) is 0 Å². The largest absolute Gasteiger partial charge is 0.497 e. The van der Waals surface area contributed by atoms with Gasteiger partial charge in [-0.15, -0.1) is 0 Å². The predicted molar refractivity (Wildman–Crippen MR) is 84.6 cm³/mol. The third-order valence-electron chi connectivity index (χ3n) is 2.97. The van der Waals surface area contributed by atoms with E-state index in [0.29, 0.717) is 0 Å². The van der Waals surface area contributed by atoms with Crippen LogP contribution in [-0.2, 0) is 0 Å². The van der Waals surface area contributed by atoms with Gasteiger partial charge in [-0.3, -0.25) is 0 Å². The predicted octanol–water partition coefficient (Wildman–Crippen LogP) is 4.36. The Balaban J connectivity index is 1.85. The van der Waals surface area contributed by atoms with E-state index in [1.54, 1.807) is 18.4 Å². The van der Waals surface area contributed by atoms with Gasteiger partial charge in [0.25, 0.3) is 0 Å². The number of aliphatic imine (C=N–C) groups is 1. The number of fused-ring (bicyclic) bond motifs is 1. The Kier molecular flexibility index (Phi) is 3.48. The van der Waals surface area contributed by atoms with Crippen LogP contribution in [0.1, 0.15) is 11.1 Å². The summed E-state index contributed by atoms with van der Waals surface area (Å²) < 4.78 is 6.30. The summed E-state index contributed by atoms with van der Waals surface area (Å²) in [4.78, 5) is 8.94. The molecule has 0 unspecified atom stereocenters. The number of ether oxygens (including phenoxy) is 1. The number of benzene rings is 2. The average Bonchev–Trinajstić information content (AvgIpc) is 2.87. The van der Waals surface area contributed by atoms with E-state index >= 15 is 0 Å². The minimum atomic E-state index is 0.779. The molecule has 0 spiro atoms. The second-order valence-corrected chi connectivity index (χ2v) is 5.51. The first kappa shape index (κ1) is 12.8. The van der Waals surface area contributed by atoms with Crippen molar-refractivity contribution >= 4 is 32.9 Å². The third kappa shape index (κ3) is 2.70. The second-order valence-electron chi connectivity index (χ2n) is 4.50. The number of thiazole rings is 1. The number of hydrogen-bond acceptors (Lipinski definition) is 4. The van der Waals surface area contributed by atoms with Crippen molar-refractivity contribution in [2.45, 2.75) is 6.92 Å². The maximum atomic E-state index is 5.13. The zero-order valence-electron chi connectivity index (χ0n) is 11.3. The van der Waals surface area contributed by atoms with Crippen molar-refractivity contribution < 1.29 is 4.74 Å². The quantitative estimate of drug-likeness (QED) is 0.669. The summed E-state index contributed by atoms with van der Waals surface area (Å²) in [5, 5.41) is 0.779. The molecule has 0 radical (unpaired) electrons. The molecule has 20 heavy (non-hydrogen) atoms. The first-order valence-electron chi connectivity index (χ1n) is 6.30.